The lowest BCUT2D eigenvalue weighted by atomic mass is 10.1. The zero-order valence-electron chi connectivity index (χ0n) is 11.8. The topological polar surface area (TPSA) is 94.3 Å². The average Bonchev–Trinajstić information content (AvgIpc) is 2.38. The minimum absolute atomic E-state index is 0.116. The van der Waals surface area contributed by atoms with Gasteiger partial charge in [-0.1, -0.05) is 0 Å². The monoisotopic (exact) mass is 275 g/mol. The van der Waals surface area contributed by atoms with Crippen molar-refractivity contribution in [3.63, 3.8) is 0 Å². The van der Waals surface area contributed by atoms with Gasteiger partial charge >= 0.3 is 5.97 Å². The zero-order chi connectivity index (χ0) is 15.3. The summed E-state index contributed by atoms with van der Waals surface area (Å²) in [6, 6.07) is 4.61. The Balaban J connectivity index is 3.00. The van der Waals surface area contributed by atoms with Crippen molar-refractivity contribution in [3.05, 3.63) is 29.1 Å². The van der Waals surface area contributed by atoms with Crippen molar-refractivity contribution >= 4 is 11.9 Å². The van der Waals surface area contributed by atoms with Crippen LogP contribution in [-0.4, -0.2) is 39.5 Å². The number of hydrogen-bond acceptors (Lipinski definition) is 4. The van der Waals surface area contributed by atoms with Crippen molar-refractivity contribution in [2.75, 3.05) is 6.54 Å². The van der Waals surface area contributed by atoms with E-state index in [4.69, 9.17) is 10.4 Å². The fourth-order valence-corrected chi connectivity index (χ4v) is 1.96. The lowest BCUT2D eigenvalue weighted by molar-refractivity contribution is -0.138. The van der Waals surface area contributed by atoms with Crippen molar-refractivity contribution in [3.8, 4) is 6.07 Å². The number of nitrogens with zero attached hydrogens (tertiary/aromatic N) is 3. The van der Waals surface area contributed by atoms with Crippen LogP contribution in [0.25, 0.3) is 0 Å². The second-order valence-corrected chi connectivity index (χ2v) is 4.48. The molecule has 106 valence electrons. The molecule has 6 heteroatoms. The third-order valence-electron chi connectivity index (χ3n) is 3.03. The number of carboxylic acid groups (broad SMARTS) is 1. The minimum atomic E-state index is -0.951. The lowest BCUT2D eigenvalue weighted by Gasteiger charge is -2.26. The SMILES string of the molecule is CCN(C(=O)c1ccc(C#N)c(C)n1)C(C)CC(=O)O. The first-order valence-electron chi connectivity index (χ1n) is 6.31. The number of amides is 1. The highest BCUT2D eigenvalue weighted by Crippen LogP contribution is 2.12. The molecule has 20 heavy (non-hydrogen) atoms. The molecule has 1 aromatic heterocycles. The molecule has 1 N–H and O–H groups in total. The Bertz CT molecular complexity index is 563. The van der Waals surface area contributed by atoms with Gasteiger partial charge < -0.3 is 10.0 Å². The highest BCUT2D eigenvalue weighted by Gasteiger charge is 2.23. The van der Waals surface area contributed by atoms with Gasteiger partial charge in [-0.15, -0.1) is 0 Å². The Morgan fingerprint density at radius 3 is 2.60 bits per heavy atom. The molecule has 0 saturated carbocycles. The molecule has 0 aliphatic carbocycles. The van der Waals surface area contributed by atoms with Gasteiger partial charge in [0.05, 0.1) is 17.7 Å². The highest BCUT2D eigenvalue weighted by molar-refractivity contribution is 5.93. The summed E-state index contributed by atoms with van der Waals surface area (Å²) in [5.74, 6) is -1.28. The smallest absolute Gasteiger partial charge is 0.305 e. The van der Waals surface area contributed by atoms with Crippen LogP contribution in [0.5, 0.6) is 0 Å². The Labute approximate surface area is 117 Å². The number of pyridine rings is 1. The van der Waals surface area contributed by atoms with Gasteiger partial charge in [-0.3, -0.25) is 9.59 Å². The van der Waals surface area contributed by atoms with Crippen molar-refractivity contribution in [1.82, 2.24) is 9.88 Å². The Hall–Kier alpha value is -2.42. The van der Waals surface area contributed by atoms with Gasteiger partial charge in [0.1, 0.15) is 11.8 Å². The van der Waals surface area contributed by atoms with E-state index in [0.29, 0.717) is 17.8 Å². The molecular weight excluding hydrogens is 258 g/mol. The standard InChI is InChI=1S/C14H17N3O3/c1-4-17(9(2)7-13(18)19)14(20)12-6-5-11(8-15)10(3)16-12/h5-6,9H,4,7H2,1-3H3,(H,18,19). The first kappa shape index (κ1) is 15.6. The molecule has 1 rings (SSSR count). The number of carbonyl (C=O) groups is 2. The number of hydrogen-bond donors (Lipinski definition) is 1. The van der Waals surface area contributed by atoms with E-state index in [-0.39, 0.29) is 18.0 Å². The molecule has 0 aliphatic heterocycles. The van der Waals surface area contributed by atoms with E-state index in [1.54, 1.807) is 26.8 Å². The van der Waals surface area contributed by atoms with Crippen molar-refractivity contribution in [2.24, 2.45) is 0 Å². The van der Waals surface area contributed by atoms with E-state index in [9.17, 15) is 9.59 Å². The molecule has 0 aromatic carbocycles. The predicted molar refractivity (Wildman–Crippen MR) is 72.1 cm³/mol. The van der Waals surface area contributed by atoms with Crippen LogP contribution in [0.4, 0.5) is 0 Å². The molecule has 1 aromatic rings. The number of carbonyl (C=O) groups excluding carboxylic acids is 1. The van der Waals surface area contributed by atoms with E-state index in [1.807, 2.05) is 6.07 Å². The molecule has 0 aliphatic rings. The van der Waals surface area contributed by atoms with Gasteiger partial charge in [-0.25, -0.2) is 4.98 Å². The first-order chi connectivity index (χ1) is 9.40. The molecule has 1 unspecified atom stereocenters. The van der Waals surface area contributed by atoms with Crippen LogP contribution < -0.4 is 0 Å². The summed E-state index contributed by atoms with van der Waals surface area (Å²) in [5.41, 5.74) is 1.13. The Kier molecular flexibility index (Phi) is 5.21. The quantitative estimate of drug-likeness (QED) is 0.880. The largest absolute Gasteiger partial charge is 0.481 e. The van der Waals surface area contributed by atoms with Gasteiger partial charge in [0.15, 0.2) is 0 Å². The van der Waals surface area contributed by atoms with Crippen molar-refractivity contribution in [2.45, 2.75) is 33.2 Å². The Morgan fingerprint density at radius 2 is 2.15 bits per heavy atom. The van der Waals surface area contributed by atoms with Crippen LogP contribution >= 0.6 is 0 Å². The third kappa shape index (κ3) is 3.54. The van der Waals surface area contributed by atoms with Crippen LogP contribution in [0, 0.1) is 18.3 Å². The molecule has 0 saturated heterocycles. The molecule has 1 amide bonds. The van der Waals surface area contributed by atoms with Gasteiger partial charge in [0.2, 0.25) is 0 Å². The van der Waals surface area contributed by atoms with Crippen molar-refractivity contribution < 1.29 is 14.7 Å². The molecule has 6 nitrogen and oxygen atoms in total. The first-order valence-corrected chi connectivity index (χ1v) is 6.31. The van der Waals surface area contributed by atoms with Crippen LogP contribution in [0.2, 0.25) is 0 Å². The summed E-state index contributed by atoms with van der Waals surface area (Å²) in [6.07, 6.45) is -0.116. The molecular formula is C14H17N3O3. The third-order valence-corrected chi connectivity index (χ3v) is 3.03. The van der Waals surface area contributed by atoms with Crippen LogP contribution in [-0.2, 0) is 4.79 Å². The summed E-state index contributed by atoms with van der Waals surface area (Å²) in [6.45, 7) is 5.53. The summed E-state index contributed by atoms with van der Waals surface area (Å²) >= 11 is 0. The van der Waals surface area contributed by atoms with Gasteiger partial charge in [-0.2, -0.15) is 5.26 Å². The van der Waals surface area contributed by atoms with E-state index < -0.39 is 12.0 Å². The molecule has 0 radical (unpaired) electrons. The number of rotatable bonds is 5. The summed E-state index contributed by atoms with van der Waals surface area (Å²) in [7, 11) is 0. The fourth-order valence-electron chi connectivity index (χ4n) is 1.96. The van der Waals surface area contributed by atoms with E-state index in [0.717, 1.165) is 0 Å². The van der Waals surface area contributed by atoms with Crippen LogP contribution in [0.1, 0.15) is 42.0 Å². The van der Waals surface area contributed by atoms with E-state index in [1.165, 1.54) is 11.0 Å². The normalized spacial score (nSPS) is 11.5. The number of aromatic nitrogens is 1. The van der Waals surface area contributed by atoms with Crippen LogP contribution in [0.3, 0.4) is 0 Å². The van der Waals surface area contributed by atoms with E-state index in [2.05, 4.69) is 4.98 Å². The predicted octanol–water partition coefficient (Wildman–Crippen LogP) is 1.59. The molecule has 0 spiro atoms. The summed E-state index contributed by atoms with van der Waals surface area (Å²) < 4.78 is 0. The number of aliphatic carboxylic acids is 1. The molecule has 0 fully saturated rings. The fraction of sp³-hybridized carbons (Fsp3) is 0.429. The lowest BCUT2D eigenvalue weighted by Crippen LogP contribution is -2.40. The summed E-state index contributed by atoms with van der Waals surface area (Å²) in [5, 5.41) is 17.6. The van der Waals surface area contributed by atoms with E-state index >= 15 is 0 Å². The highest BCUT2D eigenvalue weighted by atomic mass is 16.4. The zero-order valence-corrected chi connectivity index (χ0v) is 11.8. The van der Waals surface area contributed by atoms with Gasteiger partial charge in [-0.05, 0) is 32.9 Å². The maximum Gasteiger partial charge on any atom is 0.305 e. The van der Waals surface area contributed by atoms with Crippen molar-refractivity contribution in [1.29, 1.82) is 5.26 Å². The summed E-state index contributed by atoms with van der Waals surface area (Å²) in [4.78, 5) is 28.6. The van der Waals surface area contributed by atoms with Gasteiger partial charge in [0, 0.05) is 12.6 Å². The molecule has 0 bridgehead atoms. The second kappa shape index (κ2) is 6.66. The second-order valence-electron chi connectivity index (χ2n) is 4.48. The van der Waals surface area contributed by atoms with Crippen LogP contribution in [0.15, 0.2) is 12.1 Å². The van der Waals surface area contributed by atoms with Gasteiger partial charge in [0.25, 0.3) is 5.91 Å². The maximum absolute atomic E-state index is 12.3. The Morgan fingerprint density at radius 1 is 1.50 bits per heavy atom. The number of nitriles is 1. The number of carboxylic acids is 1. The average molecular weight is 275 g/mol. The minimum Gasteiger partial charge on any atom is -0.481 e. The molecule has 1 heterocycles. The number of aryl methyl sites for hydroxylation is 1. The maximum atomic E-state index is 12.3. The molecule has 1 atom stereocenters.